The number of hydrogen-bond donors (Lipinski definition) is 2. The summed E-state index contributed by atoms with van der Waals surface area (Å²) in [7, 11) is 0. The molecule has 1 heterocycles. The quantitative estimate of drug-likeness (QED) is 0.678. The lowest BCUT2D eigenvalue weighted by molar-refractivity contribution is 0.343. The van der Waals surface area contributed by atoms with Crippen LogP contribution in [0, 0.1) is 5.92 Å². The number of nitrogens with one attached hydrogen (secondary N) is 2. The lowest BCUT2D eigenvalue weighted by atomic mass is 9.96. The minimum absolute atomic E-state index is 0.710. The molecular formula is C13H28N2. The first-order valence-electron chi connectivity index (χ1n) is 6.77. The average Bonchev–Trinajstić information content (AvgIpc) is 2.28. The summed E-state index contributed by atoms with van der Waals surface area (Å²) in [6.07, 6.45) is 8.16. The van der Waals surface area contributed by atoms with Crippen molar-refractivity contribution in [3.8, 4) is 0 Å². The second-order valence-corrected chi connectivity index (χ2v) is 5.00. The summed E-state index contributed by atoms with van der Waals surface area (Å²) >= 11 is 0. The van der Waals surface area contributed by atoms with Gasteiger partial charge in [0.15, 0.2) is 0 Å². The third-order valence-electron chi connectivity index (χ3n) is 3.44. The molecule has 0 spiro atoms. The van der Waals surface area contributed by atoms with Gasteiger partial charge in [0.2, 0.25) is 0 Å². The minimum atomic E-state index is 0.710. The largest absolute Gasteiger partial charge is 0.316 e. The van der Waals surface area contributed by atoms with Gasteiger partial charge in [-0.1, -0.05) is 19.8 Å². The summed E-state index contributed by atoms with van der Waals surface area (Å²) in [5.74, 6) is 0.921. The zero-order valence-electron chi connectivity index (χ0n) is 10.5. The zero-order valence-corrected chi connectivity index (χ0v) is 10.5. The van der Waals surface area contributed by atoms with Crippen LogP contribution in [-0.4, -0.2) is 25.7 Å². The van der Waals surface area contributed by atoms with Gasteiger partial charge >= 0.3 is 0 Å². The standard InChI is InChI=1S/C13H28N2/c1-3-4-6-12(2)15-10-8-13-7-5-9-14-11-13/h12-15H,3-11H2,1-2H3. The Morgan fingerprint density at radius 3 is 3.00 bits per heavy atom. The lowest BCUT2D eigenvalue weighted by Gasteiger charge is -2.23. The summed E-state index contributed by atoms with van der Waals surface area (Å²) in [5.41, 5.74) is 0. The Labute approximate surface area is 95.2 Å². The van der Waals surface area contributed by atoms with Crippen molar-refractivity contribution in [3.63, 3.8) is 0 Å². The molecule has 2 nitrogen and oxygen atoms in total. The topological polar surface area (TPSA) is 24.1 Å². The first-order valence-corrected chi connectivity index (χ1v) is 6.77. The molecule has 0 aliphatic carbocycles. The van der Waals surface area contributed by atoms with Crippen LogP contribution in [0.4, 0.5) is 0 Å². The van der Waals surface area contributed by atoms with E-state index in [2.05, 4.69) is 24.5 Å². The Bertz CT molecular complexity index is 141. The van der Waals surface area contributed by atoms with E-state index in [1.807, 2.05) is 0 Å². The number of hydrogen-bond acceptors (Lipinski definition) is 2. The molecule has 0 amide bonds. The minimum Gasteiger partial charge on any atom is -0.316 e. The van der Waals surface area contributed by atoms with Gasteiger partial charge in [-0.25, -0.2) is 0 Å². The van der Waals surface area contributed by atoms with Gasteiger partial charge in [0.25, 0.3) is 0 Å². The van der Waals surface area contributed by atoms with Crippen molar-refractivity contribution in [1.29, 1.82) is 0 Å². The maximum Gasteiger partial charge on any atom is 0.00387 e. The lowest BCUT2D eigenvalue weighted by Crippen LogP contribution is -2.33. The van der Waals surface area contributed by atoms with E-state index in [4.69, 9.17) is 0 Å². The molecule has 0 aromatic carbocycles. The smallest absolute Gasteiger partial charge is 0.00387 e. The number of rotatable bonds is 7. The Hall–Kier alpha value is -0.0800. The van der Waals surface area contributed by atoms with E-state index in [9.17, 15) is 0 Å². The maximum atomic E-state index is 3.64. The summed E-state index contributed by atoms with van der Waals surface area (Å²) in [5, 5.41) is 7.12. The van der Waals surface area contributed by atoms with E-state index in [0.717, 1.165) is 5.92 Å². The van der Waals surface area contributed by atoms with Gasteiger partial charge in [0, 0.05) is 6.04 Å². The average molecular weight is 212 g/mol. The van der Waals surface area contributed by atoms with Crippen molar-refractivity contribution in [3.05, 3.63) is 0 Å². The summed E-state index contributed by atoms with van der Waals surface area (Å²) < 4.78 is 0. The van der Waals surface area contributed by atoms with Crippen LogP contribution in [0.3, 0.4) is 0 Å². The van der Waals surface area contributed by atoms with Crippen LogP contribution >= 0.6 is 0 Å². The molecule has 1 aliphatic rings. The van der Waals surface area contributed by atoms with E-state index in [1.165, 1.54) is 58.2 Å². The Balaban J connectivity index is 1.94. The van der Waals surface area contributed by atoms with Crippen LogP contribution in [0.1, 0.15) is 52.4 Å². The van der Waals surface area contributed by atoms with Crippen LogP contribution < -0.4 is 10.6 Å². The van der Waals surface area contributed by atoms with Crippen molar-refractivity contribution >= 4 is 0 Å². The molecule has 1 fully saturated rings. The fraction of sp³-hybridized carbons (Fsp3) is 1.00. The molecule has 2 N–H and O–H groups in total. The number of piperidine rings is 1. The molecule has 1 saturated heterocycles. The summed E-state index contributed by atoms with van der Waals surface area (Å²) in [6, 6.07) is 0.710. The van der Waals surface area contributed by atoms with Crippen molar-refractivity contribution in [2.24, 2.45) is 5.92 Å². The third kappa shape index (κ3) is 6.16. The molecule has 0 bridgehead atoms. The molecule has 0 aromatic heterocycles. The van der Waals surface area contributed by atoms with E-state index in [-0.39, 0.29) is 0 Å². The first-order chi connectivity index (χ1) is 7.33. The molecule has 0 aromatic rings. The summed E-state index contributed by atoms with van der Waals surface area (Å²) in [6.45, 7) is 8.26. The molecule has 0 radical (unpaired) electrons. The molecular weight excluding hydrogens is 184 g/mol. The van der Waals surface area contributed by atoms with Gasteiger partial charge < -0.3 is 10.6 Å². The highest BCUT2D eigenvalue weighted by molar-refractivity contribution is 4.70. The van der Waals surface area contributed by atoms with Gasteiger partial charge in [-0.3, -0.25) is 0 Å². The molecule has 2 heteroatoms. The van der Waals surface area contributed by atoms with Crippen molar-refractivity contribution in [2.75, 3.05) is 19.6 Å². The highest BCUT2D eigenvalue weighted by Gasteiger charge is 2.12. The number of unbranched alkanes of at least 4 members (excludes halogenated alkanes) is 1. The SMILES string of the molecule is CCCCC(C)NCCC1CCCNC1. The molecule has 2 atom stereocenters. The van der Waals surface area contributed by atoms with Crippen LogP contribution in [-0.2, 0) is 0 Å². The Morgan fingerprint density at radius 1 is 1.47 bits per heavy atom. The summed E-state index contributed by atoms with van der Waals surface area (Å²) in [4.78, 5) is 0. The van der Waals surface area contributed by atoms with Crippen molar-refractivity contribution < 1.29 is 0 Å². The normalized spacial score (nSPS) is 24.0. The molecule has 15 heavy (non-hydrogen) atoms. The van der Waals surface area contributed by atoms with Gasteiger partial charge in [0.1, 0.15) is 0 Å². The Morgan fingerprint density at radius 2 is 2.33 bits per heavy atom. The second-order valence-electron chi connectivity index (χ2n) is 5.00. The van der Waals surface area contributed by atoms with E-state index < -0.39 is 0 Å². The van der Waals surface area contributed by atoms with Crippen LogP contribution in [0.2, 0.25) is 0 Å². The van der Waals surface area contributed by atoms with Crippen LogP contribution in [0.15, 0.2) is 0 Å². The van der Waals surface area contributed by atoms with Gasteiger partial charge in [-0.05, 0) is 58.2 Å². The van der Waals surface area contributed by atoms with Gasteiger partial charge in [0.05, 0.1) is 0 Å². The predicted molar refractivity (Wildman–Crippen MR) is 67.2 cm³/mol. The van der Waals surface area contributed by atoms with E-state index in [1.54, 1.807) is 0 Å². The predicted octanol–water partition coefficient (Wildman–Crippen LogP) is 2.54. The molecule has 2 unspecified atom stereocenters. The zero-order chi connectivity index (χ0) is 10.9. The Kier molecular flexibility index (Phi) is 7.03. The van der Waals surface area contributed by atoms with E-state index in [0.29, 0.717) is 6.04 Å². The van der Waals surface area contributed by atoms with Gasteiger partial charge in [-0.2, -0.15) is 0 Å². The van der Waals surface area contributed by atoms with Crippen molar-refractivity contribution in [2.45, 2.75) is 58.4 Å². The second kappa shape index (κ2) is 8.12. The third-order valence-corrected chi connectivity index (χ3v) is 3.44. The molecule has 1 rings (SSSR count). The van der Waals surface area contributed by atoms with Gasteiger partial charge in [-0.15, -0.1) is 0 Å². The van der Waals surface area contributed by atoms with Crippen LogP contribution in [0.25, 0.3) is 0 Å². The highest BCUT2D eigenvalue weighted by Crippen LogP contribution is 2.13. The fourth-order valence-electron chi connectivity index (χ4n) is 2.32. The van der Waals surface area contributed by atoms with Crippen LogP contribution in [0.5, 0.6) is 0 Å². The molecule has 1 aliphatic heterocycles. The maximum absolute atomic E-state index is 3.64. The molecule has 0 saturated carbocycles. The van der Waals surface area contributed by atoms with E-state index >= 15 is 0 Å². The molecule has 90 valence electrons. The monoisotopic (exact) mass is 212 g/mol. The van der Waals surface area contributed by atoms with Crippen molar-refractivity contribution in [1.82, 2.24) is 10.6 Å². The highest BCUT2D eigenvalue weighted by atomic mass is 14.9. The fourth-order valence-corrected chi connectivity index (χ4v) is 2.32. The first kappa shape index (κ1) is 13.0.